The van der Waals surface area contributed by atoms with Crippen molar-refractivity contribution in [3.63, 3.8) is 0 Å². The normalized spacial score (nSPS) is 11.4. The van der Waals surface area contributed by atoms with E-state index in [1.54, 1.807) is 54.6 Å². The average Bonchev–Trinajstić information content (AvgIpc) is 3.28. The third kappa shape index (κ3) is 7.38. The third-order valence-electron chi connectivity index (χ3n) is 5.68. The SMILES string of the molecule is Cc1cc(Nc2cc(C)[nH]n2)nc(Nc2ccc(NC(=O)NC(=O)C(Cc3ccccc3)C(=O)O)cc2C)n1. The van der Waals surface area contributed by atoms with Crippen molar-refractivity contribution in [1.29, 1.82) is 0 Å². The lowest BCUT2D eigenvalue weighted by Crippen LogP contribution is -2.42. The molecule has 0 saturated heterocycles. The molecule has 0 aliphatic heterocycles. The molecule has 12 nitrogen and oxygen atoms in total. The fraction of sp³-hybridized carbons (Fsp3) is 0.185. The van der Waals surface area contributed by atoms with Crippen molar-refractivity contribution in [2.45, 2.75) is 27.2 Å². The molecule has 1 unspecified atom stereocenters. The number of imide groups is 1. The minimum Gasteiger partial charge on any atom is -0.481 e. The lowest BCUT2D eigenvalue weighted by atomic mass is 9.99. The van der Waals surface area contributed by atoms with Crippen LogP contribution in [0.15, 0.2) is 60.7 Å². The Morgan fingerprint density at radius 1 is 0.923 bits per heavy atom. The number of amides is 3. The van der Waals surface area contributed by atoms with Crippen molar-refractivity contribution in [2.75, 3.05) is 16.0 Å². The molecule has 4 rings (SSSR count). The van der Waals surface area contributed by atoms with Gasteiger partial charge in [0.2, 0.25) is 11.9 Å². The van der Waals surface area contributed by atoms with Crippen LogP contribution < -0.4 is 21.3 Å². The number of carboxylic acid groups (broad SMARTS) is 1. The van der Waals surface area contributed by atoms with Crippen molar-refractivity contribution in [2.24, 2.45) is 5.92 Å². The number of hydrogen-bond donors (Lipinski definition) is 6. The summed E-state index contributed by atoms with van der Waals surface area (Å²) in [5.74, 6) is -2.04. The van der Waals surface area contributed by atoms with Gasteiger partial charge in [-0.2, -0.15) is 10.1 Å². The Balaban J connectivity index is 1.38. The minimum atomic E-state index is -1.41. The third-order valence-corrected chi connectivity index (χ3v) is 5.68. The van der Waals surface area contributed by atoms with Gasteiger partial charge >= 0.3 is 12.0 Å². The Kier molecular flexibility index (Phi) is 8.15. The molecule has 0 spiro atoms. The summed E-state index contributed by atoms with van der Waals surface area (Å²) >= 11 is 0. The molecule has 2 aromatic carbocycles. The number of aromatic amines is 1. The first-order valence-corrected chi connectivity index (χ1v) is 12.1. The molecule has 2 heterocycles. The summed E-state index contributed by atoms with van der Waals surface area (Å²) in [7, 11) is 0. The van der Waals surface area contributed by atoms with Crippen molar-refractivity contribution in [1.82, 2.24) is 25.5 Å². The van der Waals surface area contributed by atoms with Gasteiger partial charge in [-0.15, -0.1) is 0 Å². The van der Waals surface area contributed by atoms with E-state index in [4.69, 9.17) is 0 Å². The number of anilines is 5. The Hall–Kier alpha value is -5.26. The van der Waals surface area contributed by atoms with E-state index in [0.29, 0.717) is 34.5 Å². The second-order valence-corrected chi connectivity index (χ2v) is 8.96. The average molecular weight is 529 g/mol. The van der Waals surface area contributed by atoms with Crippen LogP contribution in [0.4, 0.5) is 33.8 Å². The lowest BCUT2D eigenvalue weighted by molar-refractivity contribution is -0.146. The van der Waals surface area contributed by atoms with E-state index in [9.17, 15) is 19.5 Å². The Labute approximate surface area is 224 Å². The number of aliphatic carboxylic acids is 1. The highest BCUT2D eigenvalue weighted by atomic mass is 16.4. The summed E-state index contributed by atoms with van der Waals surface area (Å²) in [6, 6.07) is 16.6. The smallest absolute Gasteiger partial charge is 0.325 e. The van der Waals surface area contributed by atoms with Crippen molar-refractivity contribution < 1.29 is 19.5 Å². The largest absolute Gasteiger partial charge is 0.481 e. The number of benzene rings is 2. The first-order chi connectivity index (χ1) is 18.7. The number of carbonyl (C=O) groups is 3. The van der Waals surface area contributed by atoms with Crippen LogP contribution in [-0.4, -0.2) is 43.2 Å². The summed E-state index contributed by atoms with van der Waals surface area (Å²) in [6.45, 7) is 5.58. The number of H-pyrrole nitrogens is 1. The van der Waals surface area contributed by atoms with E-state index in [1.807, 2.05) is 26.8 Å². The molecule has 0 bridgehead atoms. The molecule has 3 amide bonds. The number of aryl methyl sites for hydroxylation is 3. The molecule has 0 aliphatic rings. The molecule has 2 aromatic heterocycles. The molecule has 0 saturated carbocycles. The summed E-state index contributed by atoms with van der Waals surface area (Å²) in [5.41, 5.74) is 4.23. The number of carbonyl (C=O) groups excluding carboxylic acids is 2. The summed E-state index contributed by atoms with van der Waals surface area (Å²) in [5, 5.41) is 27.5. The number of rotatable bonds is 9. The highest BCUT2D eigenvalue weighted by molar-refractivity contribution is 6.07. The Morgan fingerprint density at radius 3 is 2.36 bits per heavy atom. The molecule has 6 N–H and O–H groups in total. The molecular formula is C27H28N8O4. The summed E-state index contributed by atoms with van der Waals surface area (Å²) in [4.78, 5) is 45.5. The Morgan fingerprint density at radius 2 is 1.69 bits per heavy atom. The van der Waals surface area contributed by atoms with E-state index >= 15 is 0 Å². The number of nitrogens with one attached hydrogen (secondary N) is 5. The van der Waals surface area contributed by atoms with Crippen molar-refractivity contribution in [3.8, 4) is 0 Å². The van der Waals surface area contributed by atoms with Gasteiger partial charge in [0.05, 0.1) is 0 Å². The maximum Gasteiger partial charge on any atom is 0.325 e. The number of nitrogens with zero attached hydrogens (tertiary/aromatic N) is 3. The molecule has 4 aromatic rings. The van der Waals surface area contributed by atoms with Gasteiger partial charge in [-0.3, -0.25) is 20.0 Å². The van der Waals surface area contributed by atoms with Gasteiger partial charge in [-0.05, 0) is 56.5 Å². The fourth-order valence-electron chi connectivity index (χ4n) is 3.81. The molecule has 0 radical (unpaired) electrons. The number of urea groups is 1. The second kappa shape index (κ2) is 11.9. The topological polar surface area (TPSA) is 174 Å². The molecule has 0 aliphatic carbocycles. The van der Waals surface area contributed by atoms with Crippen LogP contribution in [0.25, 0.3) is 0 Å². The van der Waals surface area contributed by atoms with Crippen molar-refractivity contribution in [3.05, 3.63) is 83.2 Å². The van der Waals surface area contributed by atoms with E-state index in [2.05, 4.69) is 41.4 Å². The second-order valence-electron chi connectivity index (χ2n) is 8.96. The van der Waals surface area contributed by atoms with Gasteiger partial charge in [0.15, 0.2) is 5.82 Å². The number of hydrogen-bond acceptors (Lipinski definition) is 8. The highest BCUT2D eigenvalue weighted by Gasteiger charge is 2.28. The molecule has 200 valence electrons. The lowest BCUT2D eigenvalue weighted by Gasteiger charge is -2.14. The maximum absolute atomic E-state index is 12.5. The summed E-state index contributed by atoms with van der Waals surface area (Å²) in [6.07, 6.45) is -0.0334. The van der Waals surface area contributed by atoms with E-state index in [1.165, 1.54) is 0 Å². The highest BCUT2D eigenvalue weighted by Crippen LogP contribution is 2.24. The van der Waals surface area contributed by atoms with E-state index in [0.717, 1.165) is 17.0 Å². The Bertz CT molecular complexity index is 1500. The van der Waals surface area contributed by atoms with Crippen LogP contribution >= 0.6 is 0 Å². The number of aromatic nitrogens is 4. The van der Waals surface area contributed by atoms with E-state index in [-0.39, 0.29) is 6.42 Å². The predicted molar refractivity (Wildman–Crippen MR) is 146 cm³/mol. The molecule has 12 heteroatoms. The minimum absolute atomic E-state index is 0.0334. The number of carboxylic acids is 1. The standard InChI is InChI=1S/C27H28N8O4/c1-15-11-19(29-27(39)33-24(36)20(25(37)38)14-18-7-5-4-6-8-18)9-10-21(15)30-26-28-16(2)12-22(32-26)31-23-13-17(3)34-35-23/h4-13,20H,14H2,1-3H3,(H,37,38)(H2,29,33,36,39)(H3,28,30,31,32,34,35). The van der Waals surface area contributed by atoms with Crippen LogP contribution in [-0.2, 0) is 16.0 Å². The van der Waals surface area contributed by atoms with Crippen LogP contribution in [0.3, 0.4) is 0 Å². The zero-order valence-electron chi connectivity index (χ0n) is 21.6. The molecule has 1 atom stereocenters. The van der Waals surface area contributed by atoms with Gasteiger partial charge in [-0.1, -0.05) is 30.3 Å². The van der Waals surface area contributed by atoms with Crippen LogP contribution in [0, 0.1) is 26.7 Å². The van der Waals surface area contributed by atoms with Gasteiger partial charge < -0.3 is 21.1 Å². The maximum atomic E-state index is 12.5. The van der Waals surface area contributed by atoms with Gasteiger partial charge in [-0.25, -0.2) is 9.78 Å². The summed E-state index contributed by atoms with van der Waals surface area (Å²) < 4.78 is 0. The van der Waals surface area contributed by atoms with Gasteiger partial charge in [0.25, 0.3) is 0 Å². The van der Waals surface area contributed by atoms with Gasteiger partial charge in [0.1, 0.15) is 11.7 Å². The first kappa shape index (κ1) is 26.8. The van der Waals surface area contributed by atoms with E-state index < -0.39 is 23.8 Å². The molecule has 39 heavy (non-hydrogen) atoms. The molecular weight excluding hydrogens is 500 g/mol. The van der Waals surface area contributed by atoms with Crippen LogP contribution in [0.2, 0.25) is 0 Å². The van der Waals surface area contributed by atoms with Crippen molar-refractivity contribution >= 4 is 46.9 Å². The predicted octanol–water partition coefficient (Wildman–Crippen LogP) is 4.20. The first-order valence-electron chi connectivity index (χ1n) is 12.1. The monoisotopic (exact) mass is 528 g/mol. The molecule has 0 fully saturated rings. The van der Waals surface area contributed by atoms with Crippen LogP contribution in [0.1, 0.15) is 22.5 Å². The quantitative estimate of drug-likeness (QED) is 0.174. The van der Waals surface area contributed by atoms with Gasteiger partial charge in [0, 0.05) is 34.9 Å². The zero-order chi connectivity index (χ0) is 27.9. The zero-order valence-corrected chi connectivity index (χ0v) is 21.6. The van der Waals surface area contributed by atoms with Crippen LogP contribution in [0.5, 0.6) is 0 Å². The fourth-order valence-corrected chi connectivity index (χ4v) is 3.81.